The Balaban J connectivity index is 1.25. The number of fused-ring (bicyclic) bond motifs is 1. The number of hydrogen-bond donors (Lipinski definition) is 0. The number of piperazine rings is 1. The van der Waals surface area contributed by atoms with Crippen molar-refractivity contribution in [3.63, 3.8) is 0 Å². The van der Waals surface area contributed by atoms with Crippen LogP contribution in [0.1, 0.15) is 16.1 Å². The summed E-state index contributed by atoms with van der Waals surface area (Å²) in [6.45, 7) is 4.58. The molecule has 5 rings (SSSR count). The Kier molecular flexibility index (Phi) is 4.64. The van der Waals surface area contributed by atoms with Crippen LogP contribution >= 0.6 is 0 Å². The third-order valence-corrected chi connectivity index (χ3v) is 5.87. The average molecular weight is 384 g/mol. The Labute approximate surface area is 171 Å². The molecular weight excluding hydrogens is 360 g/mol. The van der Waals surface area contributed by atoms with Crippen LogP contribution in [0.4, 0.5) is 17.1 Å². The van der Waals surface area contributed by atoms with E-state index in [2.05, 4.69) is 51.2 Å². The maximum atomic E-state index is 12.9. The van der Waals surface area contributed by atoms with Crippen LogP contribution < -0.4 is 14.7 Å². The SMILES string of the molecule is O=C(c1ccc(N2CCN(c3ccccc3)CC2)cn1)N1CCc2ccccc21. The molecule has 3 aromatic rings. The van der Waals surface area contributed by atoms with Crippen LogP contribution in [0.5, 0.6) is 0 Å². The van der Waals surface area contributed by atoms with Crippen molar-refractivity contribution in [1.82, 2.24) is 4.98 Å². The summed E-state index contributed by atoms with van der Waals surface area (Å²) in [7, 11) is 0. The zero-order chi connectivity index (χ0) is 19.6. The number of para-hydroxylation sites is 2. The predicted molar refractivity (Wildman–Crippen MR) is 117 cm³/mol. The molecule has 0 unspecified atom stereocenters. The molecule has 5 nitrogen and oxygen atoms in total. The lowest BCUT2D eigenvalue weighted by atomic mass is 10.2. The molecule has 146 valence electrons. The smallest absolute Gasteiger partial charge is 0.276 e. The van der Waals surface area contributed by atoms with Gasteiger partial charge in [0.15, 0.2) is 0 Å². The molecule has 2 aromatic carbocycles. The van der Waals surface area contributed by atoms with Crippen LogP contribution in [-0.2, 0) is 6.42 Å². The van der Waals surface area contributed by atoms with Crippen molar-refractivity contribution in [2.75, 3.05) is 47.4 Å². The minimum absolute atomic E-state index is 0.0182. The molecule has 0 radical (unpaired) electrons. The number of rotatable bonds is 3. The molecule has 1 amide bonds. The Morgan fingerprint density at radius 1 is 0.724 bits per heavy atom. The molecule has 1 fully saturated rings. The first-order chi connectivity index (χ1) is 14.3. The Hall–Kier alpha value is -3.34. The normalized spacial score (nSPS) is 16.1. The highest BCUT2D eigenvalue weighted by Crippen LogP contribution is 2.29. The fourth-order valence-corrected chi connectivity index (χ4v) is 4.25. The summed E-state index contributed by atoms with van der Waals surface area (Å²) in [5, 5.41) is 0. The number of carbonyl (C=O) groups excluding carboxylic acids is 1. The minimum atomic E-state index is -0.0182. The lowest BCUT2D eigenvalue weighted by Crippen LogP contribution is -2.46. The summed E-state index contributed by atoms with van der Waals surface area (Å²) in [5.41, 5.74) is 5.11. The lowest BCUT2D eigenvalue weighted by Gasteiger charge is -2.37. The van der Waals surface area contributed by atoms with Gasteiger partial charge >= 0.3 is 0 Å². The van der Waals surface area contributed by atoms with Crippen LogP contribution in [0.15, 0.2) is 72.9 Å². The molecule has 1 aromatic heterocycles. The van der Waals surface area contributed by atoms with E-state index in [4.69, 9.17) is 0 Å². The van der Waals surface area contributed by atoms with Crippen molar-refractivity contribution in [2.24, 2.45) is 0 Å². The third-order valence-electron chi connectivity index (χ3n) is 5.87. The molecule has 1 saturated heterocycles. The Morgan fingerprint density at radius 3 is 2.14 bits per heavy atom. The number of amides is 1. The van der Waals surface area contributed by atoms with E-state index >= 15 is 0 Å². The van der Waals surface area contributed by atoms with Crippen LogP contribution in [0.2, 0.25) is 0 Å². The molecule has 0 spiro atoms. The highest BCUT2D eigenvalue weighted by molar-refractivity contribution is 6.06. The summed E-state index contributed by atoms with van der Waals surface area (Å²) in [6, 6.07) is 22.5. The van der Waals surface area contributed by atoms with Crippen molar-refractivity contribution in [1.29, 1.82) is 0 Å². The van der Waals surface area contributed by atoms with E-state index in [1.165, 1.54) is 11.3 Å². The number of aromatic nitrogens is 1. The van der Waals surface area contributed by atoms with Gasteiger partial charge in [0.1, 0.15) is 5.69 Å². The molecular formula is C24H24N4O. The molecule has 5 heteroatoms. The average Bonchev–Trinajstić information content (AvgIpc) is 3.24. The first-order valence-corrected chi connectivity index (χ1v) is 10.2. The Bertz CT molecular complexity index is 995. The Morgan fingerprint density at radius 2 is 1.41 bits per heavy atom. The van der Waals surface area contributed by atoms with Crippen molar-refractivity contribution in [2.45, 2.75) is 6.42 Å². The summed E-state index contributed by atoms with van der Waals surface area (Å²) >= 11 is 0. The van der Waals surface area contributed by atoms with Crippen LogP contribution in [0.3, 0.4) is 0 Å². The number of benzene rings is 2. The highest BCUT2D eigenvalue weighted by atomic mass is 16.2. The van der Waals surface area contributed by atoms with Gasteiger partial charge in [0, 0.05) is 44.1 Å². The highest BCUT2D eigenvalue weighted by Gasteiger charge is 2.26. The molecule has 2 aliphatic heterocycles. The first kappa shape index (κ1) is 17.7. The number of nitrogens with zero attached hydrogens (tertiary/aromatic N) is 4. The van der Waals surface area contributed by atoms with E-state index in [9.17, 15) is 4.79 Å². The van der Waals surface area contributed by atoms with Gasteiger partial charge in [0.25, 0.3) is 5.91 Å². The van der Waals surface area contributed by atoms with Crippen molar-refractivity contribution >= 4 is 23.0 Å². The molecule has 29 heavy (non-hydrogen) atoms. The third kappa shape index (κ3) is 3.44. The molecule has 0 atom stereocenters. The minimum Gasteiger partial charge on any atom is -0.368 e. The van der Waals surface area contributed by atoms with Gasteiger partial charge < -0.3 is 14.7 Å². The lowest BCUT2D eigenvalue weighted by molar-refractivity contribution is 0.0984. The maximum absolute atomic E-state index is 12.9. The monoisotopic (exact) mass is 384 g/mol. The van der Waals surface area contributed by atoms with E-state index in [1.54, 1.807) is 0 Å². The van der Waals surface area contributed by atoms with E-state index < -0.39 is 0 Å². The molecule has 0 N–H and O–H groups in total. The first-order valence-electron chi connectivity index (χ1n) is 10.2. The zero-order valence-electron chi connectivity index (χ0n) is 16.4. The van der Waals surface area contributed by atoms with Gasteiger partial charge in [-0.3, -0.25) is 4.79 Å². The molecule has 0 aliphatic carbocycles. The number of hydrogen-bond acceptors (Lipinski definition) is 4. The summed E-state index contributed by atoms with van der Waals surface area (Å²) in [4.78, 5) is 24.0. The largest absolute Gasteiger partial charge is 0.368 e. The van der Waals surface area contributed by atoms with E-state index in [0.717, 1.165) is 50.5 Å². The summed E-state index contributed by atoms with van der Waals surface area (Å²) in [5.74, 6) is -0.0182. The van der Waals surface area contributed by atoms with Crippen LogP contribution in [0, 0.1) is 0 Å². The zero-order valence-corrected chi connectivity index (χ0v) is 16.4. The topological polar surface area (TPSA) is 39.7 Å². The van der Waals surface area contributed by atoms with E-state index in [-0.39, 0.29) is 5.91 Å². The van der Waals surface area contributed by atoms with Crippen molar-refractivity contribution in [3.05, 3.63) is 84.2 Å². The van der Waals surface area contributed by atoms with Gasteiger partial charge in [-0.15, -0.1) is 0 Å². The molecule has 2 aliphatic rings. The van der Waals surface area contributed by atoms with Gasteiger partial charge in [0.2, 0.25) is 0 Å². The molecule has 0 bridgehead atoms. The van der Waals surface area contributed by atoms with Crippen LogP contribution in [0.25, 0.3) is 0 Å². The van der Waals surface area contributed by atoms with E-state index in [1.807, 2.05) is 41.4 Å². The number of carbonyl (C=O) groups is 1. The molecule has 0 saturated carbocycles. The quantitative estimate of drug-likeness (QED) is 0.692. The second-order valence-corrected chi connectivity index (χ2v) is 7.55. The van der Waals surface area contributed by atoms with Gasteiger partial charge in [-0.05, 0) is 42.3 Å². The second kappa shape index (κ2) is 7.59. The fourth-order valence-electron chi connectivity index (χ4n) is 4.25. The van der Waals surface area contributed by atoms with Gasteiger partial charge in [-0.2, -0.15) is 0 Å². The number of anilines is 3. The van der Waals surface area contributed by atoms with Gasteiger partial charge in [-0.25, -0.2) is 4.98 Å². The van der Waals surface area contributed by atoms with Gasteiger partial charge in [-0.1, -0.05) is 36.4 Å². The standard InChI is InChI=1S/C24H24N4O/c29-24(28-13-12-19-6-4-5-9-23(19)28)22-11-10-21(18-25-22)27-16-14-26(15-17-27)20-7-2-1-3-8-20/h1-11,18H,12-17H2. The second-order valence-electron chi connectivity index (χ2n) is 7.55. The maximum Gasteiger partial charge on any atom is 0.276 e. The van der Waals surface area contributed by atoms with Crippen LogP contribution in [-0.4, -0.2) is 43.6 Å². The number of pyridine rings is 1. The van der Waals surface area contributed by atoms with Crippen molar-refractivity contribution in [3.8, 4) is 0 Å². The van der Waals surface area contributed by atoms with E-state index in [0.29, 0.717) is 5.69 Å². The summed E-state index contributed by atoms with van der Waals surface area (Å²) in [6.07, 6.45) is 2.75. The molecule has 3 heterocycles. The summed E-state index contributed by atoms with van der Waals surface area (Å²) < 4.78 is 0. The van der Waals surface area contributed by atoms with Gasteiger partial charge in [0.05, 0.1) is 11.9 Å². The fraction of sp³-hybridized carbons (Fsp3) is 0.250. The predicted octanol–water partition coefficient (Wildman–Crippen LogP) is 3.61. The van der Waals surface area contributed by atoms with Crippen molar-refractivity contribution < 1.29 is 4.79 Å².